The molecule has 0 amide bonds. The largest absolute Gasteiger partial charge is 0.370 e. The second kappa shape index (κ2) is 5.36. The van der Waals surface area contributed by atoms with Gasteiger partial charge in [-0.3, -0.25) is 0 Å². The van der Waals surface area contributed by atoms with E-state index in [1.165, 1.54) is 11.3 Å². The number of fused-ring (bicyclic) bond motifs is 1. The standard InChI is InChI=1S/C14H13ClN4OS/c15-8-9-3-1-4-10(7-9)13-18-19-12(11-5-2-6-20-11)16-17-14(19)21-13/h1,3-4,7,11H,2,5-6,8H2. The number of alkyl halides is 1. The van der Waals surface area contributed by atoms with E-state index in [1.54, 1.807) is 0 Å². The summed E-state index contributed by atoms with van der Waals surface area (Å²) in [6, 6.07) is 8.10. The molecule has 1 aliphatic heterocycles. The van der Waals surface area contributed by atoms with E-state index in [2.05, 4.69) is 21.4 Å². The van der Waals surface area contributed by atoms with Crippen LogP contribution in [0.25, 0.3) is 15.5 Å². The number of hydrogen-bond acceptors (Lipinski definition) is 5. The first-order valence-electron chi connectivity index (χ1n) is 6.84. The fraction of sp³-hybridized carbons (Fsp3) is 0.357. The van der Waals surface area contributed by atoms with Crippen molar-refractivity contribution >= 4 is 27.9 Å². The number of aromatic nitrogens is 4. The van der Waals surface area contributed by atoms with Gasteiger partial charge in [-0.1, -0.05) is 29.5 Å². The SMILES string of the molecule is ClCc1cccc(-c2nn3c(C4CCCO4)nnc3s2)c1. The molecule has 3 heterocycles. The molecule has 1 aromatic carbocycles. The van der Waals surface area contributed by atoms with E-state index in [1.807, 2.05) is 22.7 Å². The first-order valence-corrected chi connectivity index (χ1v) is 8.19. The molecule has 1 saturated heterocycles. The molecule has 1 aliphatic rings. The number of rotatable bonds is 3. The normalized spacial score (nSPS) is 18.6. The van der Waals surface area contributed by atoms with Crippen LogP contribution in [0.5, 0.6) is 0 Å². The quantitative estimate of drug-likeness (QED) is 0.694. The summed E-state index contributed by atoms with van der Waals surface area (Å²) in [5, 5.41) is 14.0. The van der Waals surface area contributed by atoms with Crippen LogP contribution >= 0.6 is 22.9 Å². The van der Waals surface area contributed by atoms with Gasteiger partial charge in [-0.05, 0) is 24.5 Å². The zero-order chi connectivity index (χ0) is 14.2. The molecule has 1 unspecified atom stereocenters. The maximum absolute atomic E-state index is 5.89. The molecule has 0 radical (unpaired) electrons. The Bertz CT molecular complexity index is 778. The summed E-state index contributed by atoms with van der Waals surface area (Å²) in [7, 11) is 0. The molecule has 21 heavy (non-hydrogen) atoms. The van der Waals surface area contributed by atoms with Crippen molar-refractivity contribution in [3.8, 4) is 10.6 Å². The zero-order valence-electron chi connectivity index (χ0n) is 11.2. The van der Waals surface area contributed by atoms with E-state index in [4.69, 9.17) is 16.3 Å². The maximum Gasteiger partial charge on any atom is 0.235 e. The van der Waals surface area contributed by atoms with Crippen LogP contribution in [-0.4, -0.2) is 26.4 Å². The Hall–Kier alpha value is -1.50. The predicted octanol–water partition coefficient (Wildman–Crippen LogP) is 3.44. The van der Waals surface area contributed by atoms with Gasteiger partial charge in [0.25, 0.3) is 0 Å². The number of benzene rings is 1. The van der Waals surface area contributed by atoms with Crippen molar-refractivity contribution in [1.82, 2.24) is 19.8 Å². The topological polar surface area (TPSA) is 52.3 Å². The monoisotopic (exact) mass is 320 g/mol. The van der Waals surface area contributed by atoms with Crippen LogP contribution in [0.15, 0.2) is 24.3 Å². The van der Waals surface area contributed by atoms with Crippen LogP contribution in [0.1, 0.15) is 30.3 Å². The van der Waals surface area contributed by atoms with Gasteiger partial charge in [0.05, 0.1) is 0 Å². The van der Waals surface area contributed by atoms with Gasteiger partial charge < -0.3 is 4.74 Å². The van der Waals surface area contributed by atoms with Crippen LogP contribution in [-0.2, 0) is 10.6 Å². The van der Waals surface area contributed by atoms with Crippen molar-refractivity contribution in [2.24, 2.45) is 0 Å². The molecule has 0 spiro atoms. The van der Waals surface area contributed by atoms with Crippen LogP contribution in [0, 0.1) is 0 Å². The second-order valence-corrected chi connectivity index (χ2v) is 6.22. The molecule has 0 N–H and O–H groups in total. The van der Waals surface area contributed by atoms with Crippen molar-refractivity contribution in [2.75, 3.05) is 6.61 Å². The molecule has 4 rings (SSSR count). The lowest BCUT2D eigenvalue weighted by molar-refractivity contribution is 0.103. The van der Waals surface area contributed by atoms with Gasteiger partial charge in [-0.15, -0.1) is 21.8 Å². The second-order valence-electron chi connectivity index (χ2n) is 5.00. The molecule has 2 aromatic heterocycles. The molecular weight excluding hydrogens is 308 g/mol. The Morgan fingerprint density at radius 2 is 2.33 bits per heavy atom. The fourth-order valence-corrected chi connectivity index (χ4v) is 3.53. The Balaban J connectivity index is 1.76. The first-order chi connectivity index (χ1) is 10.3. The Labute approximate surface area is 130 Å². The van der Waals surface area contributed by atoms with E-state index >= 15 is 0 Å². The highest BCUT2D eigenvalue weighted by Gasteiger charge is 2.25. The van der Waals surface area contributed by atoms with Crippen LogP contribution in [0.4, 0.5) is 0 Å². The summed E-state index contributed by atoms with van der Waals surface area (Å²) >= 11 is 7.42. The van der Waals surface area contributed by atoms with E-state index < -0.39 is 0 Å². The zero-order valence-corrected chi connectivity index (χ0v) is 12.8. The Morgan fingerprint density at radius 3 is 3.14 bits per heavy atom. The average Bonchev–Trinajstić information content (AvgIpc) is 3.23. The van der Waals surface area contributed by atoms with Crippen LogP contribution in [0.3, 0.4) is 0 Å². The fourth-order valence-electron chi connectivity index (χ4n) is 2.52. The highest BCUT2D eigenvalue weighted by atomic mass is 35.5. The average molecular weight is 321 g/mol. The lowest BCUT2D eigenvalue weighted by Gasteiger charge is -2.04. The minimum absolute atomic E-state index is 0.0177. The van der Waals surface area contributed by atoms with E-state index in [0.29, 0.717) is 5.88 Å². The van der Waals surface area contributed by atoms with Gasteiger partial charge in [0.15, 0.2) is 5.82 Å². The summed E-state index contributed by atoms with van der Waals surface area (Å²) < 4.78 is 7.49. The number of ether oxygens (including phenoxy) is 1. The molecular formula is C14H13ClN4OS. The molecule has 5 nitrogen and oxygen atoms in total. The van der Waals surface area contributed by atoms with Gasteiger partial charge in [-0.25, -0.2) is 0 Å². The molecule has 3 aromatic rings. The minimum atomic E-state index is 0.0177. The summed E-state index contributed by atoms with van der Waals surface area (Å²) in [4.78, 5) is 0.798. The van der Waals surface area contributed by atoms with Gasteiger partial charge in [0.1, 0.15) is 11.1 Å². The predicted molar refractivity (Wildman–Crippen MR) is 81.6 cm³/mol. The van der Waals surface area contributed by atoms with Gasteiger partial charge >= 0.3 is 0 Å². The van der Waals surface area contributed by atoms with E-state index in [9.17, 15) is 0 Å². The molecule has 0 aliphatic carbocycles. The number of nitrogens with zero attached hydrogens (tertiary/aromatic N) is 4. The smallest absolute Gasteiger partial charge is 0.235 e. The van der Waals surface area contributed by atoms with E-state index in [0.717, 1.165) is 46.4 Å². The van der Waals surface area contributed by atoms with Crippen molar-refractivity contribution in [1.29, 1.82) is 0 Å². The third-order valence-electron chi connectivity index (χ3n) is 3.56. The minimum Gasteiger partial charge on any atom is -0.370 e. The first kappa shape index (κ1) is 13.2. The lowest BCUT2D eigenvalue weighted by atomic mass is 10.1. The summed E-state index contributed by atoms with van der Waals surface area (Å²) in [6.45, 7) is 0.786. The van der Waals surface area contributed by atoms with Crippen LogP contribution in [0.2, 0.25) is 0 Å². The third kappa shape index (κ3) is 2.33. The van der Waals surface area contributed by atoms with E-state index in [-0.39, 0.29) is 6.10 Å². The molecule has 108 valence electrons. The number of halogens is 1. The Morgan fingerprint density at radius 1 is 1.38 bits per heavy atom. The highest BCUT2D eigenvalue weighted by Crippen LogP contribution is 2.31. The lowest BCUT2D eigenvalue weighted by Crippen LogP contribution is -2.03. The molecule has 1 atom stereocenters. The highest BCUT2D eigenvalue weighted by molar-refractivity contribution is 7.19. The third-order valence-corrected chi connectivity index (χ3v) is 4.82. The van der Waals surface area contributed by atoms with Crippen molar-refractivity contribution in [2.45, 2.75) is 24.8 Å². The molecule has 7 heteroatoms. The van der Waals surface area contributed by atoms with Crippen molar-refractivity contribution in [3.05, 3.63) is 35.7 Å². The summed E-state index contributed by atoms with van der Waals surface area (Å²) in [6.07, 6.45) is 2.06. The molecule has 0 saturated carbocycles. The van der Waals surface area contributed by atoms with Gasteiger partial charge in [0.2, 0.25) is 4.96 Å². The molecule has 1 fully saturated rings. The van der Waals surface area contributed by atoms with Gasteiger partial charge in [0, 0.05) is 18.1 Å². The van der Waals surface area contributed by atoms with Crippen LogP contribution < -0.4 is 0 Å². The number of hydrogen-bond donors (Lipinski definition) is 0. The van der Waals surface area contributed by atoms with Crippen molar-refractivity contribution < 1.29 is 4.74 Å². The maximum atomic E-state index is 5.89. The Kier molecular flexibility index (Phi) is 3.37. The molecule has 0 bridgehead atoms. The summed E-state index contributed by atoms with van der Waals surface area (Å²) in [5.74, 6) is 1.30. The van der Waals surface area contributed by atoms with Gasteiger partial charge in [-0.2, -0.15) is 9.61 Å². The summed E-state index contributed by atoms with van der Waals surface area (Å²) in [5.41, 5.74) is 2.14. The van der Waals surface area contributed by atoms with Crippen molar-refractivity contribution in [3.63, 3.8) is 0 Å².